The molecular weight excluding hydrogens is 785 g/mol. The van der Waals surface area contributed by atoms with Crippen LogP contribution < -0.4 is 0 Å². The highest BCUT2D eigenvalue weighted by atomic mass is 15.0. The number of rotatable bonds is 8. The maximum Gasteiger partial charge on any atom is 0.0531 e. The number of aryl methyl sites for hydroxylation is 1. The van der Waals surface area contributed by atoms with Gasteiger partial charge in [0.2, 0.25) is 0 Å². The molecule has 2 aromatic heterocycles. The Hall–Kier alpha value is -7.94. The highest BCUT2D eigenvalue weighted by molar-refractivity contribution is 6.22. The van der Waals surface area contributed by atoms with Gasteiger partial charge in [-0.15, -0.1) is 0 Å². The number of allylic oxidation sites excluding steroid dienone is 8. The minimum Gasteiger partial charge on any atom is -0.313 e. The first-order chi connectivity index (χ1) is 32.2. The number of nitrogens with zero attached hydrogens (tertiary/aromatic N) is 2. The lowest BCUT2D eigenvalue weighted by molar-refractivity contribution is 0.786. The Morgan fingerprint density at radius 1 is 0.369 bits per heavy atom. The van der Waals surface area contributed by atoms with Crippen molar-refractivity contribution in [1.82, 2.24) is 9.13 Å². The molecule has 0 amide bonds. The largest absolute Gasteiger partial charge is 0.313 e. The minimum atomic E-state index is 0.269. The summed E-state index contributed by atoms with van der Waals surface area (Å²) in [4.78, 5) is 0. The molecule has 12 rings (SSSR count). The summed E-state index contributed by atoms with van der Waals surface area (Å²) in [6, 6.07) is 70.3. The van der Waals surface area contributed by atoms with E-state index in [4.69, 9.17) is 0 Å². The van der Waals surface area contributed by atoms with Gasteiger partial charge in [-0.1, -0.05) is 188 Å². The summed E-state index contributed by atoms with van der Waals surface area (Å²) in [5, 5.41) is 7.41. The van der Waals surface area contributed by atoms with Crippen LogP contribution >= 0.6 is 0 Å². The Balaban J connectivity index is 1.18. The van der Waals surface area contributed by atoms with Gasteiger partial charge in [-0.25, -0.2) is 0 Å². The van der Waals surface area contributed by atoms with Crippen LogP contribution in [0.15, 0.2) is 237 Å². The first-order valence-corrected chi connectivity index (χ1v) is 23.0. The maximum absolute atomic E-state index is 2.51. The summed E-state index contributed by atoms with van der Waals surface area (Å²) in [6.07, 6.45) is 20.0. The molecule has 10 aromatic rings. The molecule has 65 heavy (non-hydrogen) atoms. The lowest BCUT2D eigenvalue weighted by Crippen LogP contribution is -2.07. The van der Waals surface area contributed by atoms with Crippen LogP contribution in [0.1, 0.15) is 41.6 Å². The van der Waals surface area contributed by atoms with E-state index in [-0.39, 0.29) is 11.8 Å². The molecule has 0 bridgehead atoms. The normalized spacial score (nSPS) is 15.7. The highest BCUT2D eigenvalue weighted by Gasteiger charge is 2.24. The van der Waals surface area contributed by atoms with Crippen molar-refractivity contribution in [1.29, 1.82) is 0 Å². The maximum atomic E-state index is 2.51. The monoisotopic (exact) mass is 832 g/mol. The van der Waals surface area contributed by atoms with Crippen LogP contribution in [0, 0.1) is 6.92 Å². The summed E-state index contributed by atoms with van der Waals surface area (Å²) in [7, 11) is 0. The van der Waals surface area contributed by atoms with Gasteiger partial charge < -0.3 is 9.13 Å². The fourth-order valence-electron chi connectivity index (χ4n) is 10.6. The zero-order chi connectivity index (χ0) is 43.3. The summed E-state index contributed by atoms with van der Waals surface area (Å²) in [6.45, 7) is 2.21. The molecule has 0 fully saturated rings. The third-order valence-electron chi connectivity index (χ3n) is 13.6. The van der Waals surface area contributed by atoms with Gasteiger partial charge >= 0.3 is 0 Å². The fraction of sp³-hybridized carbons (Fsp3) is 0.0794. The molecule has 310 valence electrons. The van der Waals surface area contributed by atoms with E-state index in [1.165, 1.54) is 94.0 Å². The van der Waals surface area contributed by atoms with Gasteiger partial charge in [-0.05, 0) is 140 Å². The Kier molecular flexibility index (Phi) is 9.72. The highest BCUT2D eigenvalue weighted by Crippen LogP contribution is 2.47. The molecule has 2 aliphatic rings. The second-order valence-corrected chi connectivity index (χ2v) is 17.6. The molecule has 0 radical (unpaired) electrons. The lowest BCUT2D eigenvalue weighted by Gasteiger charge is -2.24. The summed E-state index contributed by atoms with van der Waals surface area (Å²) >= 11 is 0. The van der Waals surface area contributed by atoms with E-state index in [1.54, 1.807) is 0 Å². The SMILES string of the molecule is Cc1cccc(-c2c3ccc(-n4c(-c5ccccc5)ccc4C4C=CC=CC4)cc3c(-c3ccc4ccccc4c3)c3ccc(-n4c(-c5ccccc5)ccc4C4C=CC=CC4)cc23)c1. The van der Waals surface area contributed by atoms with Crippen LogP contribution in [0.2, 0.25) is 0 Å². The van der Waals surface area contributed by atoms with Crippen molar-refractivity contribution in [3.63, 3.8) is 0 Å². The predicted octanol–water partition coefficient (Wildman–Crippen LogP) is 16.9. The molecule has 0 aliphatic heterocycles. The summed E-state index contributed by atoms with van der Waals surface area (Å²) in [5.41, 5.74) is 15.9. The zero-order valence-corrected chi connectivity index (χ0v) is 36.5. The second-order valence-electron chi connectivity index (χ2n) is 17.6. The van der Waals surface area contributed by atoms with Gasteiger partial charge in [0.15, 0.2) is 0 Å². The Labute approximate surface area is 381 Å². The standard InChI is InChI=1S/C63H48N2/c1-43-17-16-28-50(39-43)62-54-33-31-53(65-60(47-23-10-4-11-24-47)37-38-61(65)48-25-12-5-13-26-48)42-57(54)63(51-30-29-44-18-14-15-27-49(44)40-51)55-34-32-52(41-56(55)62)64-58(45-19-6-2-7-20-45)35-36-59(64)46-21-8-3-9-22-46/h2-21,23-25,27-42,46,48H,22,26H2,1H3. The van der Waals surface area contributed by atoms with Gasteiger partial charge in [0, 0.05) is 34.6 Å². The Bertz CT molecular complexity index is 3550. The van der Waals surface area contributed by atoms with Crippen LogP contribution in [0.5, 0.6) is 0 Å². The molecule has 0 saturated heterocycles. The first kappa shape index (κ1) is 38.7. The number of hydrogen-bond donors (Lipinski definition) is 0. The van der Waals surface area contributed by atoms with Crippen LogP contribution in [0.3, 0.4) is 0 Å². The van der Waals surface area contributed by atoms with E-state index in [1.807, 2.05) is 0 Å². The van der Waals surface area contributed by atoms with E-state index < -0.39 is 0 Å². The molecule has 8 aromatic carbocycles. The van der Waals surface area contributed by atoms with Crippen molar-refractivity contribution in [3.8, 4) is 56.1 Å². The van der Waals surface area contributed by atoms with E-state index >= 15 is 0 Å². The molecule has 2 nitrogen and oxygen atoms in total. The lowest BCUT2D eigenvalue weighted by atomic mass is 9.84. The van der Waals surface area contributed by atoms with Crippen LogP contribution in [0.25, 0.3) is 88.5 Å². The predicted molar refractivity (Wildman–Crippen MR) is 275 cm³/mol. The van der Waals surface area contributed by atoms with Gasteiger partial charge in [0.25, 0.3) is 0 Å². The second kappa shape index (κ2) is 16.3. The van der Waals surface area contributed by atoms with Gasteiger partial charge in [-0.3, -0.25) is 0 Å². The van der Waals surface area contributed by atoms with E-state index in [9.17, 15) is 0 Å². The first-order valence-electron chi connectivity index (χ1n) is 23.0. The number of fused-ring (bicyclic) bond motifs is 3. The summed E-state index contributed by atoms with van der Waals surface area (Å²) < 4.78 is 5.03. The molecule has 2 heterocycles. The van der Waals surface area contributed by atoms with Crippen molar-refractivity contribution in [2.24, 2.45) is 0 Å². The topological polar surface area (TPSA) is 9.86 Å². The third-order valence-corrected chi connectivity index (χ3v) is 13.6. The molecule has 0 saturated carbocycles. The molecule has 2 aliphatic carbocycles. The molecule has 2 unspecified atom stereocenters. The van der Waals surface area contributed by atoms with Crippen molar-refractivity contribution in [2.75, 3.05) is 0 Å². The smallest absolute Gasteiger partial charge is 0.0531 e. The summed E-state index contributed by atoms with van der Waals surface area (Å²) in [5.74, 6) is 0.539. The number of benzene rings is 8. The van der Waals surface area contributed by atoms with Crippen LogP contribution in [0.4, 0.5) is 0 Å². The Morgan fingerprint density at radius 2 is 0.877 bits per heavy atom. The average Bonchev–Trinajstić information content (AvgIpc) is 4.03. The molecule has 0 spiro atoms. The molecular formula is C63H48N2. The number of hydrogen-bond acceptors (Lipinski definition) is 0. The van der Waals surface area contributed by atoms with Crippen molar-refractivity contribution >= 4 is 32.3 Å². The van der Waals surface area contributed by atoms with Gasteiger partial charge in [-0.2, -0.15) is 0 Å². The van der Waals surface area contributed by atoms with Crippen molar-refractivity contribution in [3.05, 3.63) is 254 Å². The quantitative estimate of drug-likeness (QED) is 0.135. The van der Waals surface area contributed by atoms with Gasteiger partial charge in [0.1, 0.15) is 0 Å². The minimum absolute atomic E-state index is 0.269. The van der Waals surface area contributed by atoms with Crippen molar-refractivity contribution < 1.29 is 0 Å². The molecule has 0 N–H and O–H groups in total. The zero-order valence-electron chi connectivity index (χ0n) is 36.5. The van der Waals surface area contributed by atoms with Crippen LogP contribution in [-0.4, -0.2) is 9.13 Å². The Morgan fingerprint density at radius 3 is 1.40 bits per heavy atom. The van der Waals surface area contributed by atoms with Crippen molar-refractivity contribution in [2.45, 2.75) is 31.6 Å². The van der Waals surface area contributed by atoms with E-state index in [2.05, 4.69) is 253 Å². The van der Waals surface area contributed by atoms with E-state index in [0.29, 0.717) is 0 Å². The molecule has 2 atom stereocenters. The van der Waals surface area contributed by atoms with E-state index in [0.717, 1.165) is 24.2 Å². The molecule has 2 heteroatoms. The fourth-order valence-corrected chi connectivity index (χ4v) is 10.6. The average molecular weight is 833 g/mol. The van der Waals surface area contributed by atoms with Crippen LogP contribution in [-0.2, 0) is 0 Å². The third kappa shape index (κ3) is 6.90. The number of aromatic nitrogens is 2. The van der Waals surface area contributed by atoms with Gasteiger partial charge in [0.05, 0.1) is 11.4 Å².